The minimum absolute atomic E-state index is 0.401. The Morgan fingerprint density at radius 2 is 2.00 bits per heavy atom. The van der Waals surface area contributed by atoms with Crippen molar-refractivity contribution in [1.29, 1.82) is 0 Å². The molecule has 0 saturated carbocycles. The Labute approximate surface area is 104 Å². The lowest BCUT2D eigenvalue weighted by Gasteiger charge is -2.30. The summed E-state index contributed by atoms with van der Waals surface area (Å²) in [6.45, 7) is 5.25. The molecule has 96 valence electrons. The molecule has 2 N–H and O–H groups in total. The smallest absolute Gasteiger partial charge is 0.0365 e. The Kier molecular flexibility index (Phi) is 6.73. The Morgan fingerprint density at radius 3 is 2.56 bits per heavy atom. The third-order valence-electron chi connectivity index (χ3n) is 3.73. The molecule has 0 aliphatic carbocycles. The maximum Gasteiger partial charge on any atom is 0.0365 e. The van der Waals surface area contributed by atoms with Crippen LogP contribution in [0.1, 0.15) is 33.1 Å². The molecule has 2 unspecified atom stereocenters. The molecule has 3 nitrogen and oxygen atoms in total. The van der Waals surface area contributed by atoms with Crippen LogP contribution >= 0.6 is 11.8 Å². The second-order valence-corrected chi connectivity index (χ2v) is 6.07. The fourth-order valence-corrected chi connectivity index (χ4v) is 3.12. The highest BCUT2D eigenvalue weighted by Gasteiger charge is 2.20. The highest BCUT2D eigenvalue weighted by atomic mass is 32.2. The number of nitrogens with one attached hydrogen (secondary N) is 1. The van der Waals surface area contributed by atoms with Gasteiger partial charge in [-0.1, -0.05) is 6.92 Å². The van der Waals surface area contributed by atoms with Crippen molar-refractivity contribution < 1.29 is 5.21 Å². The van der Waals surface area contributed by atoms with E-state index in [-0.39, 0.29) is 0 Å². The zero-order valence-corrected chi connectivity index (χ0v) is 11.6. The maximum atomic E-state index is 9.98. The molecule has 0 aromatic rings. The summed E-state index contributed by atoms with van der Waals surface area (Å²) in [5, 5.41) is 14.8. The summed E-state index contributed by atoms with van der Waals surface area (Å²) in [5.41, 5.74) is 0. The number of hydrogen-bond acceptors (Lipinski definition) is 4. The van der Waals surface area contributed by atoms with E-state index in [4.69, 9.17) is 0 Å². The van der Waals surface area contributed by atoms with Crippen LogP contribution in [-0.4, -0.2) is 47.5 Å². The van der Waals surface area contributed by atoms with Crippen LogP contribution in [-0.2, 0) is 0 Å². The number of nitrogens with zero attached hydrogens (tertiary/aromatic N) is 1. The van der Waals surface area contributed by atoms with Gasteiger partial charge in [0.15, 0.2) is 0 Å². The monoisotopic (exact) mass is 246 g/mol. The van der Waals surface area contributed by atoms with Crippen LogP contribution in [0.5, 0.6) is 0 Å². The van der Waals surface area contributed by atoms with Crippen LogP contribution in [0.15, 0.2) is 0 Å². The molecule has 0 bridgehead atoms. The lowest BCUT2D eigenvalue weighted by Crippen LogP contribution is -2.38. The lowest BCUT2D eigenvalue weighted by atomic mass is 9.99. The quantitative estimate of drug-likeness (QED) is 0.704. The number of hydrogen-bond donors (Lipinski definition) is 2. The van der Waals surface area contributed by atoms with Gasteiger partial charge in [0, 0.05) is 18.6 Å². The van der Waals surface area contributed by atoms with Crippen molar-refractivity contribution in [1.82, 2.24) is 10.4 Å². The van der Waals surface area contributed by atoms with Gasteiger partial charge < -0.3 is 10.5 Å². The van der Waals surface area contributed by atoms with E-state index in [2.05, 4.69) is 19.2 Å². The van der Waals surface area contributed by atoms with Gasteiger partial charge in [-0.25, -0.2) is 0 Å². The minimum atomic E-state index is 0.401. The van der Waals surface area contributed by atoms with Gasteiger partial charge in [0.05, 0.1) is 0 Å². The first-order valence-corrected chi connectivity index (χ1v) is 7.51. The van der Waals surface area contributed by atoms with Crippen molar-refractivity contribution in [2.75, 3.05) is 25.1 Å². The average molecular weight is 246 g/mol. The van der Waals surface area contributed by atoms with Crippen molar-refractivity contribution >= 4 is 11.8 Å². The predicted molar refractivity (Wildman–Crippen MR) is 71.1 cm³/mol. The van der Waals surface area contributed by atoms with Crippen molar-refractivity contribution in [2.45, 2.75) is 45.2 Å². The third-order valence-corrected chi connectivity index (χ3v) is 4.78. The zero-order chi connectivity index (χ0) is 12.0. The summed E-state index contributed by atoms with van der Waals surface area (Å²) in [7, 11) is 2.00. The summed E-state index contributed by atoms with van der Waals surface area (Å²) < 4.78 is 0. The average Bonchev–Trinajstić information content (AvgIpc) is 2.35. The van der Waals surface area contributed by atoms with Gasteiger partial charge in [-0.15, -0.1) is 0 Å². The van der Waals surface area contributed by atoms with Crippen molar-refractivity contribution in [2.24, 2.45) is 5.92 Å². The standard InChI is InChI=1S/C12H26N2OS/c1-10(11(2)13-3)4-7-14(15)12-5-8-16-9-6-12/h10-13,15H,4-9H2,1-3H3. The molecule has 1 saturated heterocycles. The summed E-state index contributed by atoms with van der Waals surface area (Å²) in [6.07, 6.45) is 3.33. The molecule has 0 spiro atoms. The minimum Gasteiger partial charge on any atom is -0.317 e. The third kappa shape index (κ3) is 4.62. The molecule has 1 rings (SSSR count). The molecule has 1 aliphatic heterocycles. The molecule has 1 heterocycles. The largest absolute Gasteiger partial charge is 0.317 e. The van der Waals surface area contributed by atoms with Gasteiger partial charge in [-0.2, -0.15) is 16.8 Å². The Morgan fingerprint density at radius 1 is 1.38 bits per heavy atom. The predicted octanol–water partition coefficient (Wildman–Crippen LogP) is 2.21. The fourth-order valence-electron chi connectivity index (χ4n) is 2.04. The Bertz CT molecular complexity index is 186. The highest BCUT2D eigenvalue weighted by Crippen LogP contribution is 2.21. The van der Waals surface area contributed by atoms with Gasteiger partial charge >= 0.3 is 0 Å². The van der Waals surface area contributed by atoms with Gasteiger partial charge in [0.2, 0.25) is 0 Å². The second-order valence-electron chi connectivity index (χ2n) is 4.85. The SMILES string of the molecule is CNC(C)C(C)CCN(O)C1CCSCC1. The van der Waals surface area contributed by atoms with Gasteiger partial charge in [-0.05, 0) is 50.7 Å². The number of rotatable bonds is 6. The molecule has 0 amide bonds. The molecule has 2 atom stereocenters. The van der Waals surface area contributed by atoms with E-state index >= 15 is 0 Å². The number of thioether (sulfide) groups is 1. The van der Waals surface area contributed by atoms with E-state index in [1.54, 1.807) is 5.06 Å². The summed E-state index contributed by atoms with van der Waals surface area (Å²) >= 11 is 2.00. The molecule has 1 aliphatic rings. The van der Waals surface area contributed by atoms with E-state index in [0.717, 1.165) is 25.8 Å². The first kappa shape index (κ1) is 14.3. The van der Waals surface area contributed by atoms with E-state index < -0.39 is 0 Å². The van der Waals surface area contributed by atoms with Crippen molar-refractivity contribution in [3.05, 3.63) is 0 Å². The summed E-state index contributed by atoms with van der Waals surface area (Å²) in [5.74, 6) is 3.01. The first-order chi connectivity index (χ1) is 7.65. The van der Waals surface area contributed by atoms with E-state index in [1.807, 2.05) is 18.8 Å². The molecular weight excluding hydrogens is 220 g/mol. The van der Waals surface area contributed by atoms with Gasteiger partial charge in [0.1, 0.15) is 0 Å². The molecular formula is C12H26N2OS. The highest BCUT2D eigenvalue weighted by molar-refractivity contribution is 7.99. The van der Waals surface area contributed by atoms with Gasteiger partial charge in [0.25, 0.3) is 0 Å². The summed E-state index contributed by atoms with van der Waals surface area (Å²) in [4.78, 5) is 0. The molecule has 16 heavy (non-hydrogen) atoms. The Balaban J connectivity index is 2.20. The maximum absolute atomic E-state index is 9.98. The van der Waals surface area contributed by atoms with Crippen LogP contribution in [0.4, 0.5) is 0 Å². The number of hydroxylamine groups is 2. The van der Waals surface area contributed by atoms with Crippen LogP contribution in [0.2, 0.25) is 0 Å². The molecule has 1 fully saturated rings. The second kappa shape index (κ2) is 7.54. The van der Waals surface area contributed by atoms with Crippen molar-refractivity contribution in [3.8, 4) is 0 Å². The van der Waals surface area contributed by atoms with E-state index in [1.165, 1.54) is 11.5 Å². The Hall–Kier alpha value is 0.230. The van der Waals surface area contributed by atoms with Crippen LogP contribution in [0.25, 0.3) is 0 Å². The van der Waals surface area contributed by atoms with Gasteiger partial charge in [-0.3, -0.25) is 0 Å². The molecule has 0 radical (unpaired) electrons. The van der Waals surface area contributed by atoms with Crippen molar-refractivity contribution in [3.63, 3.8) is 0 Å². The van der Waals surface area contributed by atoms with Crippen LogP contribution < -0.4 is 5.32 Å². The molecule has 4 heteroatoms. The summed E-state index contributed by atoms with van der Waals surface area (Å²) in [6, 6.07) is 0.925. The van der Waals surface area contributed by atoms with E-state index in [0.29, 0.717) is 18.0 Å². The molecule has 0 aromatic carbocycles. The lowest BCUT2D eigenvalue weighted by molar-refractivity contribution is -0.131. The molecule has 0 aromatic heterocycles. The van der Waals surface area contributed by atoms with E-state index in [9.17, 15) is 5.21 Å². The fraction of sp³-hybridized carbons (Fsp3) is 1.00. The van der Waals surface area contributed by atoms with Crippen LogP contribution in [0.3, 0.4) is 0 Å². The zero-order valence-electron chi connectivity index (χ0n) is 10.8. The topological polar surface area (TPSA) is 35.5 Å². The van der Waals surface area contributed by atoms with Crippen LogP contribution in [0, 0.1) is 5.92 Å². The first-order valence-electron chi connectivity index (χ1n) is 6.35. The normalized spacial score (nSPS) is 22.3.